The van der Waals surface area contributed by atoms with Crippen molar-refractivity contribution in [2.75, 3.05) is 28.4 Å². The van der Waals surface area contributed by atoms with Gasteiger partial charge in [-0.1, -0.05) is 11.2 Å². The number of hydrogen-bond donors (Lipinski definition) is 1. The molecule has 1 heterocycles. The molecule has 0 atom stereocenters. The molecule has 1 aromatic heterocycles. The van der Waals surface area contributed by atoms with Crippen LogP contribution in [0.1, 0.15) is 0 Å². The predicted octanol–water partition coefficient (Wildman–Crippen LogP) is 3.42. The van der Waals surface area contributed by atoms with E-state index in [9.17, 15) is 5.21 Å². The first-order valence-corrected chi connectivity index (χ1v) is 7.76. The molecule has 0 saturated carbocycles. The highest BCUT2D eigenvalue weighted by atomic mass is 16.5. The topological polar surface area (TPSA) is 82.7 Å². The van der Waals surface area contributed by atoms with Gasteiger partial charge in [-0.15, -0.1) is 0 Å². The summed E-state index contributed by atoms with van der Waals surface area (Å²) in [5.41, 5.74) is 1.07. The van der Waals surface area contributed by atoms with Crippen LogP contribution in [0.2, 0.25) is 0 Å². The molecule has 7 heteroatoms. The molecule has 0 unspecified atom stereocenters. The molecule has 7 nitrogen and oxygen atoms in total. The number of rotatable bonds is 5. The van der Waals surface area contributed by atoms with Crippen molar-refractivity contribution in [1.29, 1.82) is 0 Å². The van der Waals surface area contributed by atoms with Gasteiger partial charge in [0.1, 0.15) is 33.8 Å². The van der Waals surface area contributed by atoms with Gasteiger partial charge < -0.3 is 28.6 Å². The first kappa shape index (κ1) is 17.5. The fourth-order valence-corrected chi connectivity index (χ4v) is 2.88. The van der Waals surface area contributed by atoms with Crippen LogP contribution in [-0.2, 0) is 0 Å². The van der Waals surface area contributed by atoms with Gasteiger partial charge >= 0.3 is 0 Å². The molecule has 0 radical (unpaired) electrons. The van der Waals surface area contributed by atoms with Crippen LogP contribution in [0.15, 0.2) is 46.0 Å². The smallest absolute Gasteiger partial charge is 0.174 e. The van der Waals surface area contributed by atoms with Gasteiger partial charge in [0.15, 0.2) is 11.5 Å². The molecule has 0 aliphatic heterocycles. The monoisotopic (exact) mass is 357 g/mol. The van der Waals surface area contributed by atoms with Gasteiger partial charge in [-0.25, -0.2) is 0 Å². The zero-order valence-corrected chi connectivity index (χ0v) is 14.9. The van der Waals surface area contributed by atoms with Crippen LogP contribution in [0.25, 0.3) is 22.3 Å². The van der Waals surface area contributed by atoms with Crippen LogP contribution in [-0.4, -0.2) is 33.6 Å². The molecule has 136 valence electrons. The van der Waals surface area contributed by atoms with Gasteiger partial charge in [-0.2, -0.15) is 0 Å². The molecular weight excluding hydrogens is 338 g/mol. The molecule has 0 spiro atoms. The first-order valence-electron chi connectivity index (χ1n) is 7.76. The van der Waals surface area contributed by atoms with Crippen molar-refractivity contribution in [3.63, 3.8) is 0 Å². The summed E-state index contributed by atoms with van der Waals surface area (Å²) in [6.45, 7) is 0. The van der Waals surface area contributed by atoms with Crippen LogP contribution >= 0.6 is 0 Å². The Labute approximate surface area is 150 Å². The number of fused-ring (bicyclic) bond motifs is 1. The largest absolute Gasteiger partial charge is 0.496 e. The summed E-state index contributed by atoms with van der Waals surface area (Å²) < 4.78 is 27.6. The number of nitrogens with zero attached hydrogens (tertiary/aromatic N) is 1. The fourth-order valence-electron chi connectivity index (χ4n) is 2.88. The third-order valence-corrected chi connectivity index (χ3v) is 4.03. The van der Waals surface area contributed by atoms with E-state index >= 15 is 0 Å². The van der Waals surface area contributed by atoms with Crippen molar-refractivity contribution >= 4 is 11.0 Å². The minimum absolute atomic E-state index is 0.268. The fraction of sp³-hybridized carbons (Fsp3) is 0.211. The molecule has 0 saturated heterocycles. The van der Waals surface area contributed by atoms with E-state index < -0.39 is 0 Å². The summed E-state index contributed by atoms with van der Waals surface area (Å²) in [6, 6.07) is 10.4. The van der Waals surface area contributed by atoms with Gasteiger partial charge in [0.2, 0.25) is 0 Å². The van der Waals surface area contributed by atoms with Crippen molar-refractivity contribution in [2.45, 2.75) is 0 Å². The molecule has 0 aliphatic carbocycles. The lowest BCUT2D eigenvalue weighted by molar-refractivity contribution is 0.302. The molecule has 0 fully saturated rings. The summed E-state index contributed by atoms with van der Waals surface area (Å²) in [5.74, 6) is 2.48. The standard InChI is InChI=1S/C19H19NO6/c1-22-12-6-5-7-13(23-2)18(12)16-10-11(20-21)17-14(26-16)8-9-15(24-3)19(17)25-4/h5-10,21H,1-4H3/b20-11-. The maximum Gasteiger partial charge on any atom is 0.174 e. The summed E-state index contributed by atoms with van der Waals surface area (Å²) in [5, 5.41) is 13.7. The van der Waals surface area contributed by atoms with Crippen molar-refractivity contribution in [1.82, 2.24) is 0 Å². The minimum atomic E-state index is 0.268. The van der Waals surface area contributed by atoms with Gasteiger partial charge in [0, 0.05) is 6.07 Å². The molecule has 0 amide bonds. The average molecular weight is 357 g/mol. The van der Waals surface area contributed by atoms with E-state index in [1.165, 1.54) is 14.2 Å². The van der Waals surface area contributed by atoms with Gasteiger partial charge in [-0.05, 0) is 24.3 Å². The second kappa shape index (κ2) is 7.26. The summed E-state index contributed by atoms with van der Waals surface area (Å²) >= 11 is 0. The molecular formula is C19H19NO6. The van der Waals surface area contributed by atoms with E-state index in [0.29, 0.717) is 45.3 Å². The Morgan fingerprint density at radius 2 is 1.50 bits per heavy atom. The Morgan fingerprint density at radius 1 is 0.846 bits per heavy atom. The second-order valence-electron chi connectivity index (χ2n) is 5.31. The van der Waals surface area contributed by atoms with Gasteiger partial charge in [0.05, 0.1) is 33.8 Å². The number of hydrogen-bond acceptors (Lipinski definition) is 7. The van der Waals surface area contributed by atoms with Gasteiger partial charge in [-0.3, -0.25) is 0 Å². The van der Waals surface area contributed by atoms with Crippen LogP contribution in [0, 0.1) is 0 Å². The third-order valence-electron chi connectivity index (χ3n) is 4.03. The highest BCUT2D eigenvalue weighted by Gasteiger charge is 2.19. The zero-order chi connectivity index (χ0) is 18.7. The SMILES string of the molecule is COc1cccc(OC)c1-c1c/c(=N/O)c2c(OC)c(OC)ccc2o1. The Hall–Kier alpha value is -3.35. The minimum Gasteiger partial charge on any atom is -0.496 e. The van der Waals surface area contributed by atoms with E-state index in [1.54, 1.807) is 44.6 Å². The van der Waals surface area contributed by atoms with E-state index in [0.717, 1.165) is 0 Å². The highest BCUT2D eigenvalue weighted by Crippen LogP contribution is 2.40. The van der Waals surface area contributed by atoms with Crippen molar-refractivity contribution < 1.29 is 28.6 Å². The summed E-state index contributed by atoms with van der Waals surface area (Å²) in [4.78, 5) is 0. The van der Waals surface area contributed by atoms with Gasteiger partial charge in [0.25, 0.3) is 0 Å². The van der Waals surface area contributed by atoms with Crippen LogP contribution in [0.3, 0.4) is 0 Å². The molecule has 0 bridgehead atoms. The van der Waals surface area contributed by atoms with E-state index in [4.69, 9.17) is 23.4 Å². The number of ether oxygens (including phenoxy) is 4. The highest BCUT2D eigenvalue weighted by molar-refractivity contribution is 5.88. The maximum absolute atomic E-state index is 9.57. The zero-order valence-electron chi connectivity index (χ0n) is 14.9. The second-order valence-corrected chi connectivity index (χ2v) is 5.31. The molecule has 3 rings (SSSR count). The van der Waals surface area contributed by atoms with Crippen LogP contribution < -0.4 is 24.3 Å². The molecule has 26 heavy (non-hydrogen) atoms. The number of benzene rings is 2. The Morgan fingerprint density at radius 3 is 2.04 bits per heavy atom. The van der Waals surface area contributed by atoms with Crippen molar-refractivity contribution in [3.8, 4) is 34.3 Å². The lowest BCUT2D eigenvalue weighted by Gasteiger charge is -2.14. The molecule has 1 N–H and O–H groups in total. The number of methoxy groups -OCH3 is 4. The quantitative estimate of drug-likeness (QED) is 0.556. The molecule has 2 aromatic carbocycles. The molecule has 3 aromatic rings. The lowest BCUT2D eigenvalue weighted by atomic mass is 10.1. The van der Waals surface area contributed by atoms with Crippen molar-refractivity contribution in [3.05, 3.63) is 41.8 Å². The summed E-state index contributed by atoms with van der Waals surface area (Å²) in [7, 11) is 6.16. The average Bonchev–Trinajstić information content (AvgIpc) is 2.70. The van der Waals surface area contributed by atoms with Crippen LogP contribution in [0.4, 0.5) is 0 Å². The third kappa shape index (κ3) is 2.77. The lowest BCUT2D eigenvalue weighted by Crippen LogP contribution is -2.07. The van der Waals surface area contributed by atoms with E-state index in [-0.39, 0.29) is 5.36 Å². The Bertz CT molecular complexity index is 987. The maximum atomic E-state index is 9.57. The first-order chi connectivity index (χ1) is 12.7. The summed E-state index contributed by atoms with van der Waals surface area (Å²) in [6.07, 6.45) is 0. The van der Waals surface area contributed by atoms with Crippen LogP contribution in [0.5, 0.6) is 23.0 Å². The Kier molecular flexibility index (Phi) is 4.88. The van der Waals surface area contributed by atoms with Crippen molar-refractivity contribution in [2.24, 2.45) is 5.16 Å². The normalized spacial score (nSPS) is 11.5. The van der Waals surface area contributed by atoms with E-state index in [2.05, 4.69) is 5.16 Å². The van der Waals surface area contributed by atoms with E-state index in [1.807, 2.05) is 6.07 Å². The Balaban J connectivity index is 2.39. The predicted molar refractivity (Wildman–Crippen MR) is 95.2 cm³/mol. The molecule has 0 aliphatic rings.